The minimum Gasteiger partial charge on any atom is -0.444 e. The van der Waals surface area contributed by atoms with Crippen molar-refractivity contribution in [1.29, 1.82) is 0 Å². The van der Waals surface area contributed by atoms with Crippen LogP contribution in [-0.2, 0) is 27.3 Å². The monoisotopic (exact) mass is 445 g/mol. The first-order chi connectivity index (χ1) is 14.6. The molecule has 3 amide bonds. The topological polar surface area (TPSA) is 96.5 Å². The van der Waals surface area contributed by atoms with E-state index in [9.17, 15) is 14.4 Å². The molecule has 2 aromatic carbocycles. The molecule has 166 valence electrons. The van der Waals surface area contributed by atoms with Crippen molar-refractivity contribution in [3.05, 3.63) is 64.7 Å². The van der Waals surface area contributed by atoms with E-state index in [1.165, 1.54) is 0 Å². The predicted octanol–water partition coefficient (Wildman–Crippen LogP) is 4.05. The maximum absolute atomic E-state index is 12.2. The van der Waals surface area contributed by atoms with Gasteiger partial charge in [0.25, 0.3) is 0 Å². The number of rotatable bonds is 8. The second-order valence-electron chi connectivity index (χ2n) is 8.01. The Labute approximate surface area is 187 Å². The average Bonchev–Trinajstić information content (AvgIpc) is 2.69. The van der Waals surface area contributed by atoms with Crippen LogP contribution in [0.15, 0.2) is 48.5 Å². The number of aryl methyl sites for hydroxylation is 1. The quantitative estimate of drug-likeness (QED) is 0.571. The number of alkyl carbamates (subject to hydrolysis) is 1. The summed E-state index contributed by atoms with van der Waals surface area (Å²) in [7, 11) is 0. The molecule has 0 radical (unpaired) electrons. The molecule has 2 aromatic rings. The molecule has 0 saturated heterocycles. The number of carbonyl (C=O) groups excluding carboxylic acids is 3. The molecule has 0 atom stereocenters. The van der Waals surface area contributed by atoms with E-state index in [1.54, 1.807) is 51.1 Å². The van der Waals surface area contributed by atoms with Crippen molar-refractivity contribution in [3.63, 3.8) is 0 Å². The molecule has 8 heteroatoms. The maximum Gasteiger partial charge on any atom is 0.408 e. The minimum atomic E-state index is -0.647. The van der Waals surface area contributed by atoms with Crippen LogP contribution in [0.2, 0.25) is 5.02 Å². The molecule has 0 aliphatic heterocycles. The first kappa shape index (κ1) is 24.2. The van der Waals surface area contributed by atoms with Crippen LogP contribution >= 0.6 is 11.6 Å². The molecular formula is C23H28ClN3O4. The SMILES string of the molecule is CC(C)(C)OC(=O)NCC(=O)NCc1cccc(NC(=O)CCc2ccc(Cl)cc2)c1. The Morgan fingerprint density at radius 1 is 0.935 bits per heavy atom. The fourth-order valence-electron chi connectivity index (χ4n) is 2.62. The zero-order valence-corrected chi connectivity index (χ0v) is 18.7. The molecule has 0 bridgehead atoms. The van der Waals surface area contributed by atoms with Crippen LogP contribution in [0, 0.1) is 0 Å². The van der Waals surface area contributed by atoms with E-state index >= 15 is 0 Å². The van der Waals surface area contributed by atoms with Crippen molar-refractivity contribution < 1.29 is 19.1 Å². The average molecular weight is 446 g/mol. The number of anilines is 1. The van der Waals surface area contributed by atoms with Gasteiger partial charge in [0.05, 0.1) is 0 Å². The number of hydrogen-bond donors (Lipinski definition) is 3. The third-order valence-electron chi connectivity index (χ3n) is 4.05. The van der Waals surface area contributed by atoms with Crippen molar-refractivity contribution in [2.45, 2.75) is 45.8 Å². The minimum absolute atomic E-state index is 0.0994. The Hall–Kier alpha value is -3.06. The number of hydrogen-bond acceptors (Lipinski definition) is 4. The van der Waals surface area contributed by atoms with Gasteiger partial charge in [0.2, 0.25) is 11.8 Å². The van der Waals surface area contributed by atoms with Crippen LogP contribution in [0.1, 0.15) is 38.3 Å². The molecule has 0 fully saturated rings. The lowest BCUT2D eigenvalue weighted by Crippen LogP contribution is -2.39. The molecule has 0 saturated carbocycles. The highest BCUT2D eigenvalue weighted by Gasteiger charge is 2.16. The molecule has 0 heterocycles. The third kappa shape index (κ3) is 10.00. The zero-order valence-electron chi connectivity index (χ0n) is 18.0. The van der Waals surface area contributed by atoms with E-state index in [2.05, 4.69) is 16.0 Å². The Balaban J connectivity index is 1.75. The summed E-state index contributed by atoms with van der Waals surface area (Å²) in [6.45, 7) is 5.32. The van der Waals surface area contributed by atoms with Crippen LogP contribution in [0.25, 0.3) is 0 Å². The van der Waals surface area contributed by atoms with Crippen molar-refractivity contribution in [2.75, 3.05) is 11.9 Å². The van der Waals surface area contributed by atoms with Crippen molar-refractivity contribution >= 4 is 35.2 Å². The van der Waals surface area contributed by atoms with Gasteiger partial charge in [0.15, 0.2) is 0 Å². The number of nitrogens with one attached hydrogen (secondary N) is 3. The van der Waals surface area contributed by atoms with Gasteiger partial charge in [0.1, 0.15) is 12.1 Å². The van der Waals surface area contributed by atoms with Crippen LogP contribution in [-0.4, -0.2) is 30.1 Å². The van der Waals surface area contributed by atoms with Gasteiger partial charge < -0.3 is 20.7 Å². The van der Waals surface area contributed by atoms with E-state index in [0.717, 1.165) is 11.1 Å². The van der Waals surface area contributed by atoms with E-state index in [-0.39, 0.29) is 24.9 Å². The smallest absolute Gasteiger partial charge is 0.408 e. The summed E-state index contributed by atoms with van der Waals surface area (Å²) in [6, 6.07) is 14.6. The van der Waals surface area contributed by atoms with E-state index in [1.807, 2.05) is 18.2 Å². The lowest BCUT2D eigenvalue weighted by atomic mass is 10.1. The van der Waals surface area contributed by atoms with E-state index in [4.69, 9.17) is 16.3 Å². The van der Waals surface area contributed by atoms with Crippen LogP contribution in [0.4, 0.5) is 10.5 Å². The number of halogens is 1. The van der Waals surface area contributed by atoms with Gasteiger partial charge >= 0.3 is 6.09 Å². The second-order valence-corrected chi connectivity index (χ2v) is 8.44. The predicted molar refractivity (Wildman–Crippen MR) is 121 cm³/mol. The Morgan fingerprint density at radius 2 is 1.65 bits per heavy atom. The Kier molecular flexibility index (Phi) is 8.88. The largest absolute Gasteiger partial charge is 0.444 e. The molecule has 7 nitrogen and oxygen atoms in total. The number of ether oxygens (including phenoxy) is 1. The van der Waals surface area contributed by atoms with Crippen LogP contribution in [0.5, 0.6) is 0 Å². The molecule has 0 unspecified atom stereocenters. The van der Waals surface area contributed by atoms with Gasteiger partial charge in [-0.25, -0.2) is 4.79 Å². The van der Waals surface area contributed by atoms with Gasteiger partial charge in [0, 0.05) is 23.7 Å². The number of amides is 3. The fourth-order valence-corrected chi connectivity index (χ4v) is 2.75. The molecule has 0 aromatic heterocycles. The van der Waals surface area contributed by atoms with Gasteiger partial charge in [-0.05, 0) is 62.6 Å². The molecule has 3 N–H and O–H groups in total. The number of benzene rings is 2. The molecular weight excluding hydrogens is 418 g/mol. The summed E-state index contributed by atoms with van der Waals surface area (Å²) >= 11 is 5.87. The normalized spacial score (nSPS) is 10.8. The third-order valence-corrected chi connectivity index (χ3v) is 4.30. The van der Waals surface area contributed by atoms with Gasteiger partial charge in [-0.3, -0.25) is 9.59 Å². The molecule has 0 aliphatic rings. The standard InChI is InChI=1S/C23H28ClN3O4/c1-23(2,3)31-22(30)26-15-21(29)25-14-17-5-4-6-19(13-17)27-20(28)12-9-16-7-10-18(24)11-8-16/h4-8,10-11,13H,9,12,14-15H2,1-3H3,(H,25,29)(H,26,30)(H,27,28). The lowest BCUT2D eigenvalue weighted by Gasteiger charge is -2.19. The van der Waals surface area contributed by atoms with Crippen LogP contribution < -0.4 is 16.0 Å². The fraction of sp³-hybridized carbons (Fsp3) is 0.348. The van der Waals surface area contributed by atoms with Gasteiger partial charge in [-0.1, -0.05) is 35.9 Å². The molecule has 0 aliphatic carbocycles. The Morgan fingerprint density at radius 3 is 2.32 bits per heavy atom. The summed E-state index contributed by atoms with van der Waals surface area (Å²) in [5.74, 6) is -0.444. The Bertz CT molecular complexity index is 908. The van der Waals surface area contributed by atoms with Crippen molar-refractivity contribution in [3.8, 4) is 0 Å². The lowest BCUT2D eigenvalue weighted by molar-refractivity contribution is -0.120. The summed E-state index contributed by atoms with van der Waals surface area (Å²) < 4.78 is 5.08. The van der Waals surface area contributed by atoms with Crippen LogP contribution in [0.3, 0.4) is 0 Å². The van der Waals surface area contributed by atoms with Gasteiger partial charge in [-0.2, -0.15) is 0 Å². The van der Waals surface area contributed by atoms with Gasteiger partial charge in [-0.15, -0.1) is 0 Å². The highest BCUT2D eigenvalue weighted by atomic mass is 35.5. The first-order valence-corrected chi connectivity index (χ1v) is 10.4. The number of carbonyl (C=O) groups is 3. The van der Waals surface area contributed by atoms with Crippen molar-refractivity contribution in [1.82, 2.24) is 10.6 Å². The summed E-state index contributed by atoms with van der Waals surface area (Å²) in [6.07, 6.45) is 0.313. The van der Waals surface area contributed by atoms with Crippen molar-refractivity contribution in [2.24, 2.45) is 0 Å². The molecule has 0 spiro atoms. The maximum atomic E-state index is 12.2. The summed E-state index contributed by atoms with van der Waals surface area (Å²) in [5, 5.41) is 8.65. The molecule has 31 heavy (non-hydrogen) atoms. The molecule has 2 rings (SSSR count). The highest BCUT2D eigenvalue weighted by molar-refractivity contribution is 6.30. The zero-order chi connectivity index (χ0) is 22.9. The highest BCUT2D eigenvalue weighted by Crippen LogP contribution is 2.13. The second kappa shape index (κ2) is 11.4. The van der Waals surface area contributed by atoms with E-state index in [0.29, 0.717) is 23.6 Å². The summed E-state index contributed by atoms with van der Waals surface area (Å²) in [5.41, 5.74) is 1.89. The van der Waals surface area contributed by atoms with E-state index < -0.39 is 11.7 Å². The summed E-state index contributed by atoms with van der Waals surface area (Å²) in [4.78, 5) is 35.7. The first-order valence-electron chi connectivity index (χ1n) is 9.97.